The zero-order chi connectivity index (χ0) is 11.6. The molecule has 0 aromatic carbocycles. The number of hydrogen-bond acceptors (Lipinski definition) is 3. The van der Waals surface area contributed by atoms with Crippen LogP contribution in [0.5, 0.6) is 0 Å². The molecule has 1 amide bonds. The van der Waals surface area contributed by atoms with Crippen LogP contribution < -0.4 is 5.32 Å². The molecule has 1 aliphatic rings. The van der Waals surface area contributed by atoms with Gasteiger partial charge >= 0.3 is 0 Å². The van der Waals surface area contributed by atoms with E-state index in [-0.39, 0.29) is 5.91 Å². The highest BCUT2D eigenvalue weighted by Gasteiger charge is 2.31. The fourth-order valence-corrected chi connectivity index (χ4v) is 3.46. The summed E-state index contributed by atoms with van der Waals surface area (Å²) in [5, 5.41) is 14.7. The van der Waals surface area contributed by atoms with Gasteiger partial charge in [-0.05, 0) is 40.2 Å². The first kappa shape index (κ1) is 12.1. The van der Waals surface area contributed by atoms with Crippen LogP contribution in [-0.4, -0.2) is 23.2 Å². The van der Waals surface area contributed by atoms with Crippen molar-refractivity contribution in [2.24, 2.45) is 0 Å². The molecule has 3 nitrogen and oxygen atoms in total. The van der Waals surface area contributed by atoms with Crippen molar-refractivity contribution in [2.75, 3.05) is 6.54 Å². The summed E-state index contributed by atoms with van der Waals surface area (Å²) in [6.45, 7) is 0.357. The fraction of sp³-hybridized carbons (Fsp3) is 0.545. The molecule has 0 aliphatic heterocycles. The lowest BCUT2D eigenvalue weighted by Crippen LogP contribution is -2.40. The molecule has 2 N–H and O–H groups in total. The normalized spacial score (nSPS) is 18.6. The van der Waals surface area contributed by atoms with Gasteiger partial charge < -0.3 is 10.4 Å². The minimum atomic E-state index is -0.681. The average Bonchev–Trinajstić information content (AvgIpc) is 2.85. The van der Waals surface area contributed by atoms with Crippen LogP contribution in [0.3, 0.4) is 0 Å². The summed E-state index contributed by atoms with van der Waals surface area (Å²) in [6.07, 6.45) is 3.68. The summed E-state index contributed by atoms with van der Waals surface area (Å²) >= 11 is 4.72. The average molecular weight is 304 g/mol. The third-order valence-corrected chi connectivity index (χ3v) is 4.77. The van der Waals surface area contributed by atoms with E-state index in [0.717, 1.165) is 30.2 Å². The standard InChI is InChI=1S/C11H14BrNO2S/c12-8-3-6-16-9(8)10(14)13-7-11(15)4-1-2-5-11/h3,6,15H,1-2,4-5,7H2,(H,13,14). The number of aliphatic hydroxyl groups is 1. The van der Waals surface area contributed by atoms with Crippen LogP contribution in [0.2, 0.25) is 0 Å². The molecule has 0 saturated heterocycles. The molecule has 0 atom stereocenters. The second-order valence-corrected chi connectivity index (χ2v) is 5.98. The van der Waals surface area contributed by atoms with Gasteiger partial charge in [0.1, 0.15) is 4.88 Å². The number of nitrogens with one attached hydrogen (secondary N) is 1. The number of rotatable bonds is 3. The molecular weight excluding hydrogens is 290 g/mol. The van der Waals surface area contributed by atoms with Crippen LogP contribution in [0.15, 0.2) is 15.9 Å². The van der Waals surface area contributed by atoms with Crippen LogP contribution in [0.1, 0.15) is 35.4 Å². The molecule has 1 saturated carbocycles. The van der Waals surface area contributed by atoms with Gasteiger partial charge in [-0.2, -0.15) is 0 Å². The number of halogens is 1. The summed E-state index contributed by atoms with van der Waals surface area (Å²) < 4.78 is 0.813. The summed E-state index contributed by atoms with van der Waals surface area (Å²) in [6, 6.07) is 1.85. The molecule has 16 heavy (non-hydrogen) atoms. The first-order valence-electron chi connectivity index (χ1n) is 5.34. The molecule has 1 aromatic rings. The zero-order valence-electron chi connectivity index (χ0n) is 8.83. The predicted molar refractivity (Wildman–Crippen MR) is 67.8 cm³/mol. The van der Waals surface area contributed by atoms with Crippen molar-refractivity contribution in [3.63, 3.8) is 0 Å². The van der Waals surface area contributed by atoms with Crippen LogP contribution in [0.4, 0.5) is 0 Å². The van der Waals surface area contributed by atoms with Crippen molar-refractivity contribution in [2.45, 2.75) is 31.3 Å². The topological polar surface area (TPSA) is 49.3 Å². The Hall–Kier alpha value is -0.390. The number of hydrogen-bond donors (Lipinski definition) is 2. The highest BCUT2D eigenvalue weighted by molar-refractivity contribution is 9.10. The molecule has 0 spiro atoms. The Morgan fingerprint density at radius 3 is 2.81 bits per heavy atom. The quantitative estimate of drug-likeness (QED) is 0.901. The number of carbonyl (C=O) groups excluding carboxylic acids is 1. The first-order chi connectivity index (χ1) is 7.61. The van der Waals surface area contributed by atoms with E-state index < -0.39 is 5.60 Å². The van der Waals surface area contributed by atoms with E-state index in [1.165, 1.54) is 11.3 Å². The van der Waals surface area contributed by atoms with Crippen molar-refractivity contribution in [3.8, 4) is 0 Å². The molecule has 0 unspecified atom stereocenters. The molecule has 2 rings (SSSR count). The van der Waals surface area contributed by atoms with E-state index in [1.807, 2.05) is 11.4 Å². The Bertz CT molecular complexity index is 385. The van der Waals surface area contributed by atoms with Gasteiger partial charge in [0, 0.05) is 11.0 Å². The lowest BCUT2D eigenvalue weighted by Gasteiger charge is -2.22. The minimum Gasteiger partial charge on any atom is -0.388 e. The number of thiophene rings is 1. The Morgan fingerprint density at radius 2 is 2.25 bits per heavy atom. The maximum atomic E-state index is 11.8. The van der Waals surface area contributed by atoms with E-state index in [2.05, 4.69) is 21.2 Å². The molecule has 88 valence electrons. The number of amides is 1. The van der Waals surface area contributed by atoms with Crippen molar-refractivity contribution in [1.29, 1.82) is 0 Å². The van der Waals surface area contributed by atoms with Crippen molar-refractivity contribution in [3.05, 3.63) is 20.8 Å². The first-order valence-corrected chi connectivity index (χ1v) is 7.02. The third kappa shape index (κ3) is 2.64. The minimum absolute atomic E-state index is 0.109. The maximum absolute atomic E-state index is 11.8. The van der Waals surface area contributed by atoms with Crippen LogP contribution in [0.25, 0.3) is 0 Å². The summed E-state index contributed by atoms with van der Waals surface area (Å²) in [7, 11) is 0. The van der Waals surface area contributed by atoms with Crippen LogP contribution >= 0.6 is 27.3 Å². The van der Waals surface area contributed by atoms with Crippen LogP contribution in [-0.2, 0) is 0 Å². The largest absolute Gasteiger partial charge is 0.388 e. The molecule has 1 heterocycles. The second kappa shape index (κ2) is 4.85. The Morgan fingerprint density at radius 1 is 1.56 bits per heavy atom. The molecule has 0 bridgehead atoms. The van der Waals surface area contributed by atoms with E-state index in [9.17, 15) is 9.90 Å². The Labute approximate surface area is 107 Å². The molecule has 1 fully saturated rings. The van der Waals surface area contributed by atoms with Crippen molar-refractivity contribution < 1.29 is 9.90 Å². The zero-order valence-corrected chi connectivity index (χ0v) is 11.2. The molecular formula is C11H14BrNO2S. The smallest absolute Gasteiger partial charge is 0.262 e. The third-order valence-electron chi connectivity index (χ3n) is 2.94. The van der Waals surface area contributed by atoms with Gasteiger partial charge in [-0.1, -0.05) is 12.8 Å². The van der Waals surface area contributed by atoms with Gasteiger partial charge in [0.05, 0.1) is 5.60 Å². The van der Waals surface area contributed by atoms with Gasteiger partial charge in [-0.3, -0.25) is 4.79 Å². The molecule has 5 heteroatoms. The lowest BCUT2D eigenvalue weighted by molar-refractivity contribution is 0.0450. The summed E-state index contributed by atoms with van der Waals surface area (Å²) in [5.41, 5.74) is -0.681. The molecule has 1 aromatic heterocycles. The molecule has 0 radical (unpaired) electrons. The fourth-order valence-electron chi connectivity index (χ4n) is 1.99. The lowest BCUT2D eigenvalue weighted by atomic mass is 10.0. The van der Waals surface area contributed by atoms with Gasteiger partial charge in [-0.15, -0.1) is 11.3 Å². The van der Waals surface area contributed by atoms with E-state index in [0.29, 0.717) is 11.4 Å². The second-order valence-electron chi connectivity index (χ2n) is 4.21. The highest BCUT2D eigenvalue weighted by atomic mass is 79.9. The van der Waals surface area contributed by atoms with Gasteiger partial charge in [0.25, 0.3) is 5.91 Å². The summed E-state index contributed by atoms with van der Waals surface area (Å²) in [4.78, 5) is 12.5. The van der Waals surface area contributed by atoms with E-state index in [1.54, 1.807) is 0 Å². The van der Waals surface area contributed by atoms with Gasteiger partial charge in [0.15, 0.2) is 0 Å². The number of carbonyl (C=O) groups is 1. The SMILES string of the molecule is O=C(NCC1(O)CCCC1)c1sccc1Br. The molecule has 1 aliphatic carbocycles. The van der Waals surface area contributed by atoms with Crippen molar-refractivity contribution >= 4 is 33.2 Å². The highest BCUT2D eigenvalue weighted by Crippen LogP contribution is 2.29. The van der Waals surface area contributed by atoms with E-state index >= 15 is 0 Å². The maximum Gasteiger partial charge on any atom is 0.262 e. The Kier molecular flexibility index (Phi) is 3.66. The predicted octanol–water partition coefficient (Wildman–Crippen LogP) is 2.55. The monoisotopic (exact) mass is 303 g/mol. The van der Waals surface area contributed by atoms with Gasteiger partial charge in [-0.25, -0.2) is 0 Å². The van der Waals surface area contributed by atoms with E-state index in [4.69, 9.17) is 0 Å². The summed E-state index contributed by atoms with van der Waals surface area (Å²) in [5.74, 6) is -0.109. The van der Waals surface area contributed by atoms with Crippen LogP contribution in [0, 0.1) is 0 Å². The Balaban J connectivity index is 1.91. The van der Waals surface area contributed by atoms with Gasteiger partial charge in [0.2, 0.25) is 0 Å². The van der Waals surface area contributed by atoms with Crippen molar-refractivity contribution in [1.82, 2.24) is 5.32 Å².